The molecule has 2 aliphatic heterocycles. The Balaban J connectivity index is 1.55. The van der Waals surface area contributed by atoms with Gasteiger partial charge in [0, 0.05) is 24.2 Å². The van der Waals surface area contributed by atoms with Gasteiger partial charge in [-0.15, -0.1) is 0 Å². The van der Waals surface area contributed by atoms with Gasteiger partial charge in [0.15, 0.2) is 0 Å². The second kappa shape index (κ2) is 5.93. The number of piperidine rings is 1. The van der Waals surface area contributed by atoms with Crippen molar-refractivity contribution in [1.29, 1.82) is 0 Å². The number of nitrogen functional groups attached to an aromatic ring is 1. The van der Waals surface area contributed by atoms with E-state index in [-0.39, 0.29) is 5.91 Å². The number of nitrogens with two attached hydrogens (primary N) is 1. The summed E-state index contributed by atoms with van der Waals surface area (Å²) in [6.07, 6.45) is 5.36. The molecule has 5 nitrogen and oxygen atoms in total. The molecule has 2 atom stereocenters. The Hall–Kier alpha value is -1.75. The van der Waals surface area contributed by atoms with Crippen LogP contribution in [0.3, 0.4) is 0 Å². The molecule has 2 heterocycles. The molecule has 4 N–H and O–H groups in total. The lowest BCUT2D eigenvalue weighted by molar-refractivity contribution is -0.117. The van der Waals surface area contributed by atoms with Gasteiger partial charge in [0.05, 0.1) is 12.8 Å². The lowest BCUT2D eigenvalue weighted by Gasteiger charge is -2.28. The molecule has 3 rings (SSSR count). The first kappa shape index (κ1) is 14.2. The number of anilines is 2. The lowest BCUT2D eigenvalue weighted by atomic mass is 9.89. The molecule has 0 aromatic heterocycles. The minimum Gasteiger partial charge on any atom is -0.495 e. The van der Waals surface area contributed by atoms with Crippen LogP contribution in [0.5, 0.6) is 5.75 Å². The molecular weight excluding hydrogens is 266 g/mol. The van der Waals surface area contributed by atoms with Crippen LogP contribution in [0.25, 0.3) is 0 Å². The molecule has 0 spiro atoms. The van der Waals surface area contributed by atoms with E-state index in [1.165, 1.54) is 12.8 Å². The summed E-state index contributed by atoms with van der Waals surface area (Å²) in [6.45, 7) is 0. The third-order valence-electron chi connectivity index (χ3n) is 4.56. The fraction of sp³-hybridized carbons (Fsp3) is 0.562. The second-order valence-corrected chi connectivity index (χ2v) is 6.18. The lowest BCUT2D eigenvalue weighted by Crippen LogP contribution is -2.39. The van der Waals surface area contributed by atoms with Gasteiger partial charge in [-0.3, -0.25) is 4.79 Å². The SMILES string of the molecule is COc1ccc(NC(=O)CC2CC3CCC(C2)N3)cc1N. The molecule has 114 valence electrons. The van der Waals surface area contributed by atoms with Crippen molar-refractivity contribution >= 4 is 17.3 Å². The van der Waals surface area contributed by atoms with Gasteiger partial charge in [-0.05, 0) is 49.8 Å². The highest BCUT2D eigenvalue weighted by atomic mass is 16.5. The summed E-state index contributed by atoms with van der Waals surface area (Å²) in [5, 5.41) is 6.54. The van der Waals surface area contributed by atoms with E-state index in [1.54, 1.807) is 19.2 Å². The van der Waals surface area contributed by atoms with Gasteiger partial charge >= 0.3 is 0 Å². The summed E-state index contributed by atoms with van der Waals surface area (Å²) < 4.78 is 5.11. The largest absolute Gasteiger partial charge is 0.495 e. The van der Waals surface area contributed by atoms with Crippen LogP contribution in [0.1, 0.15) is 32.1 Å². The fourth-order valence-corrected chi connectivity index (χ4v) is 3.63. The van der Waals surface area contributed by atoms with Gasteiger partial charge in [-0.1, -0.05) is 0 Å². The predicted octanol–water partition coefficient (Wildman–Crippen LogP) is 2.14. The normalized spacial score (nSPS) is 27.4. The number of nitrogens with one attached hydrogen (secondary N) is 2. The van der Waals surface area contributed by atoms with Gasteiger partial charge in [0.2, 0.25) is 5.91 Å². The first-order chi connectivity index (χ1) is 10.1. The van der Waals surface area contributed by atoms with E-state index < -0.39 is 0 Å². The van der Waals surface area contributed by atoms with E-state index in [2.05, 4.69) is 10.6 Å². The van der Waals surface area contributed by atoms with Gasteiger partial charge in [0.1, 0.15) is 5.75 Å². The Bertz CT molecular complexity index is 520. The quantitative estimate of drug-likeness (QED) is 0.742. The van der Waals surface area contributed by atoms with Crippen molar-refractivity contribution in [2.45, 2.75) is 44.2 Å². The maximum Gasteiger partial charge on any atom is 0.224 e. The minimum atomic E-state index is 0.0749. The first-order valence-electron chi connectivity index (χ1n) is 7.63. The third kappa shape index (κ3) is 3.29. The van der Waals surface area contributed by atoms with Crippen LogP contribution in [0.15, 0.2) is 18.2 Å². The van der Waals surface area contributed by atoms with Gasteiger partial charge < -0.3 is 21.1 Å². The van der Waals surface area contributed by atoms with E-state index in [9.17, 15) is 4.79 Å². The van der Waals surface area contributed by atoms with Crippen LogP contribution in [-0.2, 0) is 4.79 Å². The molecule has 0 aliphatic carbocycles. The first-order valence-corrected chi connectivity index (χ1v) is 7.63. The van der Waals surface area contributed by atoms with Crippen LogP contribution in [0.2, 0.25) is 0 Å². The Morgan fingerprint density at radius 3 is 2.71 bits per heavy atom. The Morgan fingerprint density at radius 2 is 2.10 bits per heavy atom. The van der Waals surface area contributed by atoms with E-state index in [1.807, 2.05) is 6.07 Å². The van der Waals surface area contributed by atoms with E-state index in [0.717, 1.165) is 18.5 Å². The van der Waals surface area contributed by atoms with Crippen molar-refractivity contribution in [3.63, 3.8) is 0 Å². The maximum atomic E-state index is 12.2. The number of amides is 1. The third-order valence-corrected chi connectivity index (χ3v) is 4.56. The number of carbonyl (C=O) groups excluding carboxylic acids is 1. The smallest absolute Gasteiger partial charge is 0.224 e. The van der Waals surface area contributed by atoms with E-state index in [4.69, 9.17) is 10.5 Å². The number of hydrogen-bond acceptors (Lipinski definition) is 4. The molecule has 1 aromatic carbocycles. The Labute approximate surface area is 125 Å². The summed E-state index contributed by atoms with van der Waals surface area (Å²) in [6, 6.07) is 6.58. The molecule has 2 aliphatic rings. The highest BCUT2D eigenvalue weighted by Crippen LogP contribution is 2.33. The molecular formula is C16H23N3O2. The zero-order chi connectivity index (χ0) is 14.8. The summed E-state index contributed by atoms with van der Waals surface area (Å²) in [4.78, 5) is 12.2. The highest BCUT2D eigenvalue weighted by Gasteiger charge is 2.34. The van der Waals surface area contributed by atoms with Crippen molar-refractivity contribution in [1.82, 2.24) is 5.32 Å². The Morgan fingerprint density at radius 1 is 1.38 bits per heavy atom. The summed E-state index contributed by atoms with van der Waals surface area (Å²) >= 11 is 0. The van der Waals surface area contributed by atoms with Crippen LogP contribution in [-0.4, -0.2) is 25.1 Å². The fourth-order valence-electron chi connectivity index (χ4n) is 3.63. The summed E-state index contributed by atoms with van der Waals surface area (Å²) in [5.74, 6) is 1.20. The molecule has 2 bridgehead atoms. The molecule has 5 heteroatoms. The topological polar surface area (TPSA) is 76.4 Å². The molecule has 2 unspecified atom stereocenters. The molecule has 1 aromatic rings. The van der Waals surface area contributed by atoms with E-state index >= 15 is 0 Å². The van der Waals surface area contributed by atoms with Crippen LogP contribution >= 0.6 is 0 Å². The minimum absolute atomic E-state index is 0.0749. The van der Waals surface area contributed by atoms with E-state index in [0.29, 0.717) is 35.9 Å². The highest BCUT2D eigenvalue weighted by molar-refractivity contribution is 5.91. The van der Waals surface area contributed by atoms with Crippen molar-refractivity contribution in [2.24, 2.45) is 5.92 Å². The van der Waals surface area contributed by atoms with Crippen molar-refractivity contribution in [3.8, 4) is 5.75 Å². The van der Waals surface area contributed by atoms with Crippen LogP contribution in [0.4, 0.5) is 11.4 Å². The van der Waals surface area contributed by atoms with Crippen LogP contribution in [0, 0.1) is 5.92 Å². The standard InChI is InChI=1S/C16H23N3O2/c1-21-15-5-4-13(9-14(15)17)19-16(20)8-10-6-11-2-3-12(7-10)18-11/h4-5,9-12,18H,2-3,6-8,17H2,1H3,(H,19,20). The number of carbonyl (C=O) groups is 1. The van der Waals surface area contributed by atoms with Gasteiger partial charge in [0.25, 0.3) is 0 Å². The van der Waals surface area contributed by atoms with Crippen molar-refractivity contribution in [3.05, 3.63) is 18.2 Å². The van der Waals surface area contributed by atoms with Crippen LogP contribution < -0.4 is 21.1 Å². The number of fused-ring (bicyclic) bond motifs is 2. The monoisotopic (exact) mass is 289 g/mol. The second-order valence-electron chi connectivity index (χ2n) is 6.18. The number of ether oxygens (including phenoxy) is 1. The number of hydrogen-bond donors (Lipinski definition) is 3. The molecule has 2 fully saturated rings. The van der Waals surface area contributed by atoms with Gasteiger partial charge in [-0.2, -0.15) is 0 Å². The predicted molar refractivity (Wildman–Crippen MR) is 83.3 cm³/mol. The molecule has 0 saturated carbocycles. The molecule has 0 radical (unpaired) electrons. The summed E-state index contributed by atoms with van der Waals surface area (Å²) in [5.41, 5.74) is 7.12. The zero-order valence-electron chi connectivity index (χ0n) is 12.4. The van der Waals surface area contributed by atoms with Gasteiger partial charge in [-0.25, -0.2) is 0 Å². The Kier molecular flexibility index (Phi) is 4.01. The molecule has 1 amide bonds. The molecule has 2 saturated heterocycles. The number of benzene rings is 1. The van der Waals surface area contributed by atoms with Crippen molar-refractivity contribution < 1.29 is 9.53 Å². The summed E-state index contributed by atoms with van der Waals surface area (Å²) in [7, 11) is 1.58. The molecule has 21 heavy (non-hydrogen) atoms. The number of methoxy groups -OCH3 is 1. The number of rotatable bonds is 4. The van der Waals surface area contributed by atoms with Crippen molar-refractivity contribution in [2.75, 3.05) is 18.2 Å². The average Bonchev–Trinajstić information content (AvgIpc) is 2.78. The zero-order valence-corrected chi connectivity index (χ0v) is 12.4. The maximum absolute atomic E-state index is 12.2. The average molecular weight is 289 g/mol.